The maximum absolute atomic E-state index is 13.4. The molecule has 0 aromatic carbocycles. The zero-order valence-electron chi connectivity index (χ0n) is 8.60. The summed E-state index contributed by atoms with van der Waals surface area (Å²) in [5.41, 5.74) is 12.1. The average molecular weight is 221 g/mol. The lowest BCUT2D eigenvalue weighted by molar-refractivity contribution is 0.571. The molecule has 0 aliphatic rings. The third kappa shape index (κ3) is 2.10. The van der Waals surface area contributed by atoms with E-state index in [1.165, 1.54) is 12.3 Å². The predicted molar refractivity (Wildman–Crippen MR) is 59.0 cm³/mol. The predicted octanol–water partition coefficient (Wildman–Crippen LogP) is 0.824. The fourth-order valence-electron chi connectivity index (χ4n) is 1.46. The van der Waals surface area contributed by atoms with Crippen LogP contribution in [-0.4, -0.2) is 14.8 Å². The quantitative estimate of drug-likeness (QED) is 0.804. The van der Waals surface area contributed by atoms with E-state index in [4.69, 9.17) is 11.5 Å². The molecular weight excluding hydrogens is 209 g/mol. The Morgan fingerprint density at radius 2 is 2.19 bits per heavy atom. The molecule has 0 spiro atoms. The van der Waals surface area contributed by atoms with E-state index in [0.717, 1.165) is 0 Å². The minimum absolute atomic E-state index is 0.222. The zero-order chi connectivity index (χ0) is 11.5. The van der Waals surface area contributed by atoms with Crippen molar-refractivity contribution in [2.75, 3.05) is 11.5 Å². The van der Waals surface area contributed by atoms with Crippen molar-refractivity contribution < 1.29 is 4.39 Å². The first-order chi connectivity index (χ1) is 7.66. The first-order valence-electron chi connectivity index (χ1n) is 4.83. The molecule has 16 heavy (non-hydrogen) atoms. The number of hydrogen-bond acceptors (Lipinski definition) is 4. The maximum atomic E-state index is 13.4. The van der Waals surface area contributed by atoms with Gasteiger partial charge in [0.15, 0.2) is 0 Å². The van der Waals surface area contributed by atoms with E-state index in [1.807, 2.05) is 0 Å². The molecule has 6 heteroatoms. The third-order valence-electron chi connectivity index (χ3n) is 2.28. The van der Waals surface area contributed by atoms with Gasteiger partial charge in [-0.2, -0.15) is 5.10 Å². The smallest absolute Gasteiger partial charge is 0.131 e. The van der Waals surface area contributed by atoms with Gasteiger partial charge in [-0.15, -0.1) is 0 Å². The molecule has 2 aromatic rings. The van der Waals surface area contributed by atoms with Crippen molar-refractivity contribution in [3.63, 3.8) is 0 Å². The minimum Gasteiger partial charge on any atom is -0.396 e. The Labute approximate surface area is 91.9 Å². The molecule has 5 nitrogen and oxygen atoms in total. The summed E-state index contributed by atoms with van der Waals surface area (Å²) in [6, 6.07) is 1.29. The van der Waals surface area contributed by atoms with Crippen LogP contribution in [0, 0.1) is 5.82 Å². The Balaban J connectivity index is 2.10. The Morgan fingerprint density at radius 3 is 2.81 bits per heavy atom. The number of nitrogens with two attached hydrogens (primary N) is 2. The van der Waals surface area contributed by atoms with E-state index in [2.05, 4.69) is 10.1 Å². The Kier molecular flexibility index (Phi) is 2.72. The summed E-state index contributed by atoms with van der Waals surface area (Å²) < 4.78 is 15.0. The molecular formula is C10H12FN5. The summed E-state index contributed by atoms with van der Waals surface area (Å²) in [6.07, 6.45) is 5.01. The van der Waals surface area contributed by atoms with Crippen LogP contribution in [0.2, 0.25) is 0 Å². The van der Waals surface area contributed by atoms with Gasteiger partial charge >= 0.3 is 0 Å². The van der Waals surface area contributed by atoms with Crippen LogP contribution in [0.15, 0.2) is 24.7 Å². The summed E-state index contributed by atoms with van der Waals surface area (Å²) in [4.78, 5) is 3.84. The fraction of sp³-hybridized carbons (Fsp3) is 0.200. The summed E-state index contributed by atoms with van der Waals surface area (Å²) >= 11 is 0. The van der Waals surface area contributed by atoms with E-state index in [9.17, 15) is 4.39 Å². The second-order valence-corrected chi connectivity index (χ2v) is 3.44. The van der Waals surface area contributed by atoms with Crippen molar-refractivity contribution in [1.29, 1.82) is 0 Å². The number of nitrogens with zero attached hydrogens (tertiary/aromatic N) is 3. The Hall–Kier alpha value is -2.11. The van der Waals surface area contributed by atoms with Gasteiger partial charge in [0.25, 0.3) is 0 Å². The number of anilines is 2. The number of aromatic nitrogens is 3. The van der Waals surface area contributed by atoms with Crippen LogP contribution in [0.1, 0.15) is 5.56 Å². The van der Waals surface area contributed by atoms with Gasteiger partial charge in [-0.25, -0.2) is 9.37 Å². The third-order valence-corrected chi connectivity index (χ3v) is 2.28. The van der Waals surface area contributed by atoms with Crippen LogP contribution in [0.5, 0.6) is 0 Å². The van der Waals surface area contributed by atoms with Gasteiger partial charge in [-0.3, -0.25) is 4.68 Å². The lowest BCUT2D eigenvalue weighted by Crippen LogP contribution is -2.07. The highest BCUT2D eigenvalue weighted by Crippen LogP contribution is 2.14. The van der Waals surface area contributed by atoms with Crippen LogP contribution in [0.3, 0.4) is 0 Å². The van der Waals surface area contributed by atoms with Gasteiger partial charge in [-0.1, -0.05) is 0 Å². The highest BCUT2D eigenvalue weighted by Gasteiger charge is 2.07. The van der Waals surface area contributed by atoms with Crippen LogP contribution >= 0.6 is 0 Å². The summed E-state index contributed by atoms with van der Waals surface area (Å²) in [7, 11) is 0. The molecule has 0 aliphatic carbocycles. The molecule has 0 unspecified atom stereocenters. The summed E-state index contributed by atoms with van der Waals surface area (Å²) in [5, 5.41) is 4.00. The molecule has 0 radical (unpaired) electrons. The standard InChI is InChI=1S/C10H12FN5/c11-9-1-3-14-10(13)8(9)2-4-16-6-7(12)5-15-16/h1,3,5-6H,2,4,12H2,(H2,13,14). The second-order valence-electron chi connectivity index (χ2n) is 3.44. The summed E-state index contributed by atoms with van der Waals surface area (Å²) in [5.74, 6) is -0.118. The normalized spacial score (nSPS) is 10.6. The summed E-state index contributed by atoms with van der Waals surface area (Å²) in [6.45, 7) is 0.518. The van der Waals surface area contributed by atoms with Gasteiger partial charge in [0.2, 0.25) is 0 Å². The Bertz CT molecular complexity index is 473. The molecule has 0 saturated heterocycles. The Morgan fingerprint density at radius 1 is 1.38 bits per heavy atom. The molecule has 2 aromatic heterocycles. The number of pyridine rings is 1. The van der Waals surface area contributed by atoms with E-state index in [0.29, 0.717) is 24.2 Å². The van der Waals surface area contributed by atoms with Gasteiger partial charge in [-0.05, 0) is 12.5 Å². The lowest BCUT2D eigenvalue weighted by atomic mass is 10.2. The van der Waals surface area contributed by atoms with Gasteiger partial charge in [0.05, 0.1) is 11.9 Å². The number of aryl methyl sites for hydroxylation is 1. The highest BCUT2D eigenvalue weighted by atomic mass is 19.1. The fourth-order valence-corrected chi connectivity index (χ4v) is 1.46. The van der Waals surface area contributed by atoms with Crippen molar-refractivity contribution in [1.82, 2.24) is 14.8 Å². The highest BCUT2D eigenvalue weighted by molar-refractivity contribution is 5.39. The monoisotopic (exact) mass is 221 g/mol. The SMILES string of the molecule is Nc1cnn(CCc2c(F)ccnc2N)c1. The molecule has 4 N–H and O–H groups in total. The average Bonchev–Trinajstić information content (AvgIpc) is 2.63. The molecule has 0 saturated carbocycles. The van der Waals surface area contributed by atoms with Crippen molar-refractivity contribution in [2.45, 2.75) is 13.0 Å². The van der Waals surface area contributed by atoms with Crippen molar-refractivity contribution >= 4 is 11.5 Å². The minimum atomic E-state index is -0.340. The van der Waals surface area contributed by atoms with Crippen molar-refractivity contribution in [3.8, 4) is 0 Å². The number of rotatable bonds is 3. The zero-order valence-corrected chi connectivity index (χ0v) is 8.60. The number of hydrogen-bond donors (Lipinski definition) is 2. The van der Waals surface area contributed by atoms with Crippen LogP contribution < -0.4 is 11.5 Å². The first kappa shape index (κ1) is 10.4. The van der Waals surface area contributed by atoms with E-state index in [1.54, 1.807) is 17.1 Å². The second kappa shape index (κ2) is 4.18. The van der Waals surface area contributed by atoms with Crippen molar-refractivity contribution in [3.05, 3.63) is 36.0 Å². The molecule has 0 fully saturated rings. The molecule has 2 rings (SSSR count). The maximum Gasteiger partial charge on any atom is 0.131 e. The van der Waals surface area contributed by atoms with Gasteiger partial charge in [0, 0.05) is 24.5 Å². The number of halogens is 1. The first-order valence-corrected chi connectivity index (χ1v) is 4.83. The largest absolute Gasteiger partial charge is 0.396 e. The molecule has 84 valence electrons. The van der Waals surface area contributed by atoms with E-state index >= 15 is 0 Å². The van der Waals surface area contributed by atoms with Crippen LogP contribution in [0.25, 0.3) is 0 Å². The molecule has 0 aliphatic heterocycles. The van der Waals surface area contributed by atoms with Gasteiger partial charge in [0.1, 0.15) is 11.6 Å². The molecule has 2 heterocycles. The van der Waals surface area contributed by atoms with E-state index < -0.39 is 0 Å². The van der Waals surface area contributed by atoms with E-state index in [-0.39, 0.29) is 11.6 Å². The van der Waals surface area contributed by atoms with Crippen LogP contribution in [-0.2, 0) is 13.0 Å². The number of nitrogen functional groups attached to an aromatic ring is 2. The molecule has 0 bridgehead atoms. The molecule has 0 amide bonds. The van der Waals surface area contributed by atoms with Crippen molar-refractivity contribution in [2.24, 2.45) is 0 Å². The topological polar surface area (TPSA) is 82.8 Å². The van der Waals surface area contributed by atoms with Crippen LogP contribution in [0.4, 0.5) is 15.9 Å². The van der Waals surface area contributed by atoms with Gasteiger partial charge < -0.3 is 11.5 Å². The molecule has 0 atom stereocenters. The lowest BCUT2D eigenvalue weighted by Gasteiger charge is -2.05.